The number of rotatable bonds is 5. The Bertz CT molecular complexity index is 879. The first-order chi connectivity index (χ1) is 13.0. The van der Waals surface area contributed by atoms with Gasteiger partial charge < -0.3 is 14.4 Å². The minimum absolute atomic E-state index is 0.0219. The maximum absolute atomic E-state index is 13.1. The molecule has 140 valence electrons. The van der Waals surface area contributed by atoms with Gasteiger partial charge in [0, 0.05) is 16.2 Å². The summed E-state index contributed by atoms with van der Waals surface area (Å²) in [6, 6.07) is 13.0. The molecule has 1 aliphatic heterocycles. The number of nitrogens with zero attached hydrogens (tertiary/aromatic N) is 1. The first-order valence-corrected chi connectivity index (χ1v) is 9.59. The van der Waals surface area contributed by atoms with Crippen LogP contribution in [-0.4, -0.2) is 30.8 Å². The van der Waals surface area contributed by atoms with Crippen molar-refractivity contribution in [2.24, 2.45) is 0 Å². The van der Waals surface area contributed by atoms with Crippen molar-refractivity contribution in [1.29, 1.82) is 0 Å². The summed E-state index contributed by atoms with van der Waals surface area (Å²) in [5.74, 6) is 1.17. The van der Waals surface area contributed by atoms with Gasteiger partial charge in [0.15, 0.2) is 17.3 Å². The second-order valence-corrected chi connectivity index (χ2v) is 7.35. The molecule has 1 amide bonds. The molecule has 0 saturated carbocycles. The molecule has 0 saturated heterocycles. The van der Waals surface area contributed by atoms with Crippen LogP contribution < -0.4 is 9.47 Å². The Labute approximate surface area is 172 Å². The maximum Gasteiger partial charge on any atom is 0.231 e. The highest BCUT2D eigenvalue weighted by Gasteiger charge is 2.29. The fraction of sp³-hybridized carbons (Fsp3) is 0.238. The van der Waals surface area contributed by atoms with Crippen LogP contribution in [0.5, 0.6) is 11.5 Å². The highest BCUT2D eigenvalue weighted by molar-refractivity contribution is 14.1. The molecule has 0 fully saturated rings. The van der Waals surface area contributed by atoms with Gasteiger partial charge in [0.2, 0.25) is 5.91 Å². The minimum atomic E-state index is -0.283. The van der Waals surface area contributed by atoms with Crippen LogP contribution in [-0.2, 0) is 16.0 Å². The van der Waals surface area contributed by atoms with E-state index in [0.29, 0.717) is 11.5 Å². The van der Waals surface area contributed by atoms with Gasteiger partial charge in [0.05, 0.1) is 26.7 Å². The van der Waals surface area contributed by atoms with Crippen molar-refractivity contribution in [2.45, 2.75) is 18.9 Å². The third-order valence-electron chi connectivity index (χ3n) is 4.52. The van der Waals surface area contributed by atoms with E-state index in [4.69, 9.17) is 9.47 Å². The summed E-state index contributed by atoms with van der Waals surface area (Å²) in [5.41, 5.74) is 1.81. The lowest BCUT2D eigenvalue weighted by molar-refractivity contribution is -0.131. The van der Waals surface area contributed by atoms with Crippen LogP contribution in [0.15, 0.2) is 54.7 Å². The lowest BCUT2D eigenvalue weighted by Gasteiger charge is -2.31. The van der Waals surface area contributed by atoms with Crippen molar-refractivity contribution in [3.63, 3.8) is 0 Å². The molecule has 6 heteroatoms. The van der Waals surface area contributed by atoms with Gasteiger partial charge in [-0.05, 0) is 51.9 Å². The third kappa shape index (κ3) is 4.32. The van der Waals surface area contributed by atoms with E-state index in [-0.39, 0.29) is 30.6 Å². The number of hydrogen-bond donors (Lipinski definition) is 0. The van der Waals surface area contributed by atoms with E-state index in [0.717, 1.165) is 14.7 Å². The number of carbonyl (C=O) groups is 2. The Balaban J connectivity index is 1.88. The quantitative estimate of drug-likeness (QED) is 0.614. The monoisotopic (exact) mass is 477 g/mol. The third-order valence-corrected chi connectivity index (χ3v) is 5.52. The molecule has 0 bridgehead atoms. The molecule has 0 radical (unpaired) electrons. The summed E-state index contributed by atoms with van der Waals surface area (Å²) in [6.07, 6.45) is 3.56. The van der Waals surface area contributed by atoms with Gasteiger partial charge in [-0.3, -0.25) is 9.59 Å². The molecule has 0 aliphatic carbocycles. The van der Waals surface area contributed by atoms with Crippen molar-refractivity contribution in [1.82, 2.24) is 4.90 Å². The summed E-state index contributed by atoms with van der Waals surface area (Å²) in [6.45, 7) is 0. The maximum atomic E-state index is 13.1. The molecule has 1 atom stereocenters. The van der Waals surface area contributed by atoms with Gasteiger partial charge >= 0.3 is 0 Å². The molecule has 0 N–H and O–H groups in total. The molecule has 27 heavy (non-hydrogen) atoms. The Morgan fingerprint density at radius 3 is 2.48 bits per heavy atom. The highest BCUT2D eigenvalue weighted by atomic mass is 127. The van der Waals surface area contributed by atoms with Gasteiger partial charge in [-0.25, -0.2) is 0 Å². The van der Waals surface area contributed by atoms with E-state index < -0.39 is 0 Å². The molecule has 0 unspecified atom stereocenters. The smallest absolute Gasteiger partial charge is 0.231 e. The van der Waals surface area contributed by atoms with E-state index in [9.17, 15) is 9.59 Å². The topological polar surface area (TPSA) is 55.8 Å². The molecule has 3 rings (SSSR count). The predicted molar refractivity (Wildman–Crippen MR) is 111 cm³/mol. The lowest BCUT2D eigenvalue weighted by atomic mass is 9.96. The zero-order valence-corrected chi connectivity index (χ0v) is 17.3. The lowest BCUT2D eigenvalue weighted by Crippen LogP contribution is -2.35. The average molecular weight is 477 g/mol. The van der Waals surface area contributed by atoms with Crippen molar-refractivity contribution in [3.8, 4) is 11.5 Å². The van der Waals surface area contributed by atoms with Gasteiger partial charge in [-0.15, -0.1) is 0 Å². The first-order valence-electron chi connectivity index (χ1n) is 8.51. The average Bonchev–Trinajstić information content (AvgIpc) is 2.69. The van der Waals surface area contributed by atoms with E-state index in [2.05, 4.69) is 22.6 Å². The first kappa shape index (κ1) is 19.4. The SMILES string of the molecule is COc1cc(I)c(CC(=O)N2C=CC(=O)C[C@@H]2c2ccccc2)cc1OC. The fourth-order valence-electron chi connectivity index (χ4n) is 3.12. The molecule has 2 aromatic rings. The number of ether oxygens (including phenoxy) is 2. The van der Waals surface area contributed by atoms with Crippen LogP contribution in [0.4, 0.5) is 0 Å². The summed E-state index contributed by atoms with van der Waals surface area (Å²) in [7, 11) is 3.15. The summed E-state index contributed by atoms with van der Waals surface area (Å²) in [4.78, 5) is 26.6. The number of amides is 1. The largest absolute Gasteiger partial charge is 0.493 e. The normalized spacial score (nSPS) is 16.3. The number of ketones is 1. The number of benzene rings is 2. The van der Waals surface area contributed by atoms with Crippen molar-refractivity contribution >= 4 is 34.3 Å². The van der Waals surface area contributed by atoms with E-state index in [1.165, 1.54) is 6.08 Å². The molecule has 1 aliphatic rings. The second kappa shape index (κ2) is 8.56. The van der Waals surface area contributed by atoms with Gasteiger partial charge in [-0.1, -0.05) is 30.3 Å². The Kier molecular flexibility index (Phi) is 6.15. The zero-order valence-electron chi connectivity index (χ0n) is 15.1. The summed E-state index contributed by atoms with van der Waals surface area (Å²) < 4.78 is 11.6. The van der Waals surface area contributed by atoms with E-state index in [1.54, 1.807) is 25.3 Å². The number of carbonyl (C=O) groups excluding carboxylic acids is 2. The van der Waals surface area contributed by atoms with Gasteiger partial charge in [-0.2, -0.15) is 0 Å². The van der Waals surface area contributed by atoms with Crippen LogP contribution in [0, 0.1) is 3.57 Å². The molecule has 5 nitrogen and oxygen atoms in total. The number of halogens is 1. The number of allylic oxidation sites excluding steroid dienone is 1. The Morgan fingerprint density at radius 1 is 1.15 bits per heavy atom. The van der Waals surface area contributed by atoms with Crippen molar-refractivity contribution < 1.29 is 19.1 Å². The van der Waals surface area contributed by atoms with Crippen LogP contribution in [0.3, 0.4) is 0 Å². The zero-order chi connectivity index (χ0) is 19.4. The number of hydrogen-bond acceptors (Lipinski definition) is 4. The van der Waals surface area contributed by atoms with Crippen LogP contribution in [0.25, 0.3) is 0 Å². The molecular weight excluding hydrogens is 457 g/mol. The molecule has 1 heterocycles. The van der Waals surface area contributed by atoms with E-state index >= 15 is 0 Å². The fourth-order valence-corrected chi connectivity index (χ4v) is 3.75. The standard InChI is InChI=1S/C21H20INO4/c1-26-19-10-15(17(22)13-20(19)27-2)11-21(25)23-9-8-16(24)12-18(23)14-6-4-3-5-7-14/h3-10,13,18H,11-12H2,1-2H3/t18-/m1/s1. The summed E-state index contributed by atoms with van der Waals surface area (Å²) in [5, 5.41) is 0. The van der Waals surface area contributed by atoms with Crippen LogP contribution in [0.2, 0.25) is 0 Å². The minimum Gasteiger partial charge on any atom is -0.493 e. The Hall–Kier alpha value is -2.35. The number of methoxy groups -OCH3 is 2. The van der Waals surface area contributed by atoms with Gasteiger partial charge in [0.25, 0.3) is 0 Å². The highest BCUT2D eigenvalue weighted by Crippen LogP contribution is 2.33. The van der Waals surface area contributed by atoms with E-state index in [1.807, 2.05) is 42.5 Å². The van der Waals surface area contributed by atoms with Crippen LogP contribution in [0.1, 0.15) is 23.6 Å². The molecule has 0 aromatic heterocycles. The second-order valence-electron chi connectivity index (χ2n) is 6.19. The van der Waals surface area contributed by atoms with Crippen molar-refractivity contribution in [2.75, 3.05) is 14.2 Å². The van der Waals surface area contributed by atoms with Crippen LogP contribution >= 0.6 is 22.6 Å². The molecule has 2 aromatic carbocycles. The van der Waals surface area contributed by atoms with Crippen molar-refractivity contribution in [3.05, 3.63) is 69.4 Å². The molecule has 0 spiro atoms. The molecular formula is C21H20INO4. The summed E-state index contributed by atoms with van der Waals surface area (Å²) >= 11 is 2.19. The Morgan fingerprint density at radius 2 is 1.81 bits per heavy atom. The van der Waals surface area contributed by atoms with Gasteiger partial charge in [0.1, 0.15) is 0 Å². The predicted octanol–water partition coefficient (Wildman–Crippen LogP) is 3.91.